The first-order valence-electron chi connectivity index (χ1n) is 11.6. The fraction of sp³-hybridized carbons (Fsp3) is 0.500. The van der Waals surface area contributed by atoms with Crippen molar-refractivity contribution in [2.75, 3.05) is 32.8 Å². The Labute approximate surface area is 185 Å². The lowest BCUT2D eigenvalue weighted by molar-refractivity contribution is -0.123. The van der Waals surface area contributed by atoms with Gasteiger partial charge in [0.1, 0.15) is 12.4 Å². The number of aliphatic hydroxyl groups is 1. The molecule has 0 aromatic heterocycles. The summed E-state index contributed by atoms with van der Waals surface area (Å²) in [4.78, 5) is 15.1. The van der Waals surface area contributed by atoms with Crippen molar-refractivity contribution < 1.29 is 14.6 Å². The number of likely N-dealkylation sites (tertiary alicyclic amines) is 1. The second-order valence-corrected chi connectivity index (χ2v) is 8.99. The Balaban J connectivity index is 1.15. The first kappa shape index (κ1) is 21.8. The molecule has 0 radical (unpaired) electrons. The number of benzene rings is 2. The number of ether oxygens (including phenoxy) is 1. The second kappa shape index (κ2) is 10.3. The molecule has 166 valence electrons. The molecule has 1 aliphatic carbocycles. The summed E-state index contributed by atoms with van der Waals surface area (Å²) in [5.41, 5.74) is 2.86. The van der Waals surface area contributed by atoms with Crippen molar-refractivity contribution in [1.29, 1.82) is 0 Å². The van der Waals surface area contributed by atoms with Crippen molar-refractivity contribution in [2.45, 2.75) is 38.6 Å². The van der Waals surface area contributed by atoms with Crippen molar-refractivity contribution >= 4 is 5.91 Å². The molecule has 1 atom stereocenters. The van der Waals surface area contributed by atoms with Crippen LogP contribution < -0.4 is 10.1 Å². The quantitative estimate of drug-likeness (QED) is 0.576. The molecule has 31 heavy (non-hydrogen) atoms. The summed E-state index contributed by atoms with van der Waals surface area (Å²) in [5.74, 6) is 1.28. The summed E-state index contributed by atoms with van der Waals surface area (Å²) in [6.45, 7) is 4.18. The minimum absolute atomic E-state index is 0.0317. The highest BCUT2D eigenvalue weighted by Crippen LogP contribution is 2.59. The van der Waals surface area contributed by atoms with E-state index in [0.717, 1.165) is 64.0 Å². The fourth-order valence-corrected chi connectivity index (χ4v) is 4.81. The number of carbonyl (C=O) groups is 1. The zero-order valence-corrected chi connectivity index (χ0v) is 18.3. The minimum atomic E-state index is 0.0317. The third-order valence-electron chi connectivity index (χ3n) is 6.83. The first-order valence-corrected chi connectivity index (χ1v) is 11.6. The van der Waals surface area contributed by atoms with Crippen LogP contribution in [0.1, 0.15) is 36.8 Å². The van der Waals surface area contributed by atoms with Gasteiger partial charge in [-0.2, -0.15) is 0 Å². The standard InChI is InChI=1S/C26H34N2O3/c29-17-18-31-23-10-8-22(9-11-23)20-28-15-12-26(13-16-28)19-24(26)25(30)27-14-4-7-21-5-2-1-3-6-21/h1-3,5-6,8-11,24,29H,4,7,12-20H2,(H,27,30)/t24-/m1/s1. The van der Waals surface area contributed by atoms with E-state index in [1.807, 2.05) is 18.2 Å². The number of carbonyl (C=O) groups excluding carboxylic acids is 1. The van der Waals surface area contributed by atoms with Gasteiger partial charge in [0, 0.05) is 19.0 Å². The maximum atomic E-state index is 12.6. The van der Waals surface area contributed by atoms with Crippen molar-refractivity contribution in [1.82, 2.24) is 10.2 Å². The fourth-order valence-electron chi connectivity index (χ4n) is 4.81. The molecule has 2 fully saturated rings. The second-order valence-electron chi connectivity index (χ2n) is 8.99. The van der Waals surface area contributed by atoms with E-state index in [9.17, 15) is 4.79 Å². The predicted molar refractivity (Wildman–Crippen MR) is 122 cm³/mol. The van der Waals surface area contributed by atoms with Crippen LogP contribution in [0.25, 0.3) is 0 Å². The van der Waals surface area contributed by atoms with Gasteiger partial charge in [-0.3, -0.25) is 9.69 Å². The van der Waals surface area contributed by atoms with Crippen LogP contribution in [-0.4, -0.2) is 48.8 Å². The third-order valence-corrected chi connectivity index (χ3v) is 6.83. The number of piperidine rings is 1. The van der Waals surface area contributed by atoms with Crippen LogP contribution in [0.5, 0.6) is 5.75 Å². The lowest BCUT2D eigenvalue weighted by Gasteiger charge is -2.32. The summed E-state index contributed by atoms with van der Waals surface area (Å²) < 4.78 is 5.43. The van der Waals surface area contributed by atoms with Crippen LogP contribution in [0.4, 0.5) is 0 Å². The van der Waals surface area contributed by atoms with Crippen molar-refractivity contribution in [3.8, 4) is 5.75 Å². The van der Waals surface area contributed by atoms with Crippen LogP contribution in [0.15, 0.2) is 54.6 Å². The average Bonchev–Trinajstić information content (AvgIpc) is 3.52. The molecule has 1 aliphatic heterocycles. The van der Waals surface area contributed by atoms with E-state index >= 15 is 0 Å². The molecule has 2 aliphatic rings. The molecule has 2 N–H and O–H groups in total. The van der Waals surface area contributed by atoms with Gasteiger partial charge < -0.3 is 15.2 Å². The number of nitrogens with zero attached hydrogens (tertiary/aromatic N) is 1. The number of hydrogen-bond acceptors (Lipinski definition) is 4. The van der Waals surface area contributed by atoms with Gasteiger partial charge in [0.25, 0.3) is 0 Å². The van der Waals surface area contributed by atoms with Crippen LogP contribution in [-0.2, 0) is 17.8 Å². The number of rotatable bonds is 10. The van der Waals surface area contributed by atoms with Crippen molar-refractivity contribution in [2.24, 2.45) is 11.3 Å². The molecule has 0 unspecified atom stereocenters. The third kappa shape index (κ3) is 5.86. The van der Waals surface area contributed by atoms with Crippen LogP contribution in [0.3, 0.4) is 0 Å². The molecule has 2 aromatic carbocycles. The molecule has 4 rings (SSSR count). The normalized spacial score (nSPS) is 19.8. The topological polar surface area (TPSA) is 61.8 Å². The molecule has 1 heterocycles. The maximum Gasteiger partial charge on any atom is 0.223 e. The Hall–Kier alpha value is -2.37. The zero-order chi connectivity index (χ0) is 21.5. The van der Waals surface area contributed by atoms with Crippen LogP contribution >= 0.6 is 0 Å². The Morgan fingerprint density at radius 1 is 1.06 bits per heavy atom. The SMILES string of the molecule is O=C(NCCCc1ccccc1)[C@H]1CC12CCN(Cc1ccc(OCCO)cc1)CC2. The Morgan fingerprint density at radius 3 is 2.52 bits per heavy atom. The molecule has 1 amide bonds. The van der Waals surface area contributed by atoms with E-state index in [0.29, 0.717) is 6.61 Å². The Morgan fingerprint density at radius 2 is 1.81 bits per heavy atom. The van der Waals surface area contributed by atoms with Crippen molar-refractivity contribution in [3.63, 3.8) is 0 Å². The highest BCUT2D eigenvalue weighted by Gasteiger charge is 2.58. The van der Waals surface area contributed by atoms with E-state index in [1.165, 1.54) is 11.1 Å². The van der Waals surface area contributed by atoms with E-state index in [4.69, 9.17) is 9.84 Å². The van der Waals surface area contributed by atoms with Crippen LogP contribution in [0.2, 0.25) is 0 Å². The largest absolute Gasteiger partial charge is 0.491 e. The summed E-state index contributed by atoms with van der Waals surface area (Å²) in [7, 11) is 0. The van der Waals surface area contributed by atoms with E-state index < -0.39 is 0 Å². The molecule has 1 saturated heterocycles. The Bertz CT molecular complexity index is 829. The summed E-state index contributed by atoms with van der Waals surface area (Å²) in [5, 5.41) is 12.0. The maximum absolute atomic E-state index is 12.6. The van der Waals surface area contributed by atoms with Gasteiger partial charge in [0.2, 0.25) is 5.91 Å². The summed E-state index contributed by atoms with van der Waals surface area (Å²) >= 11 is 0. The molecular formula is C26H34N2O3. The van der Waals surface area contributed by atoms with E-state index in [1.54, 1.807) is 0 Å². The smallest absolute Gasteiger partial charge is 0.223 e. The number of aliphatic hydroxyl groups excluding tert-OH is 1. The van der Waals surface area contributed by atoms with E-state index in [2.05, 4.69) is 46.6 Å². The Kier molecular flexibility index (Phi) is 7.25. The molecule has 5 heteroatoms. The number of amides is 1. The number of aryl methyl sites for hydroxylation is 1. The molecular weight excluding hydrogens is 388 g/mol. The molecule has 0 bridgehead atoms. The molecule has 1 saturated carbocycles. The van der Waals surface area contributed by atoms with Crippen molar-refractivity contribution in [3.05, 3.63) is 65.7 Å². The molecule has 5 nitrogen and oxygen atoms in total. The summed E-state index contributed by atoms with van der Waals surface area (Å²) in [6.07, 6.45) is 5.30. The van der Waals surface area contributed by atoms with Gasteiger partial charge in [0.15, 0.2) is 0 Å². The van der Waals surface area contributed by atoms with Gasteiger partial charge in [0.05, 0.1) is 6.61 Å². The average molecular weight is 423 g/mol. The number of nitrogens with one attached hydrogen (secondary N) is 1. The molecule has 2 aromatic rings. The van der Waals surface area contributed by atoms with Gasteiger partial charge >= 0.3 is 0 Å². The lowest BCUT2D eigenvalue weighted by atomic mass is 9.90. The highest BCUT2D eigenvalue weighted by molar-refractivity contribution is 5.82. The molecule has 1 spiro atoms. The van der Waals surface area contributed by atoms with Gasteiger partial charge in [-0.05, 0) is 73.9 Å². The predicted octanol–water partition coefficient (Wildman–Crippen LogP) is 3.41. The van der Waals surface area contributed by atoms with Crippen LogP contribution in [0, 0.1) is 11.3 Å². The van der Waals surface area contributed by atoms with Gasteiger partial charge in [-0.1, -0.05) is 42.5 Å². The zero-order valence-electron chi connectivity index (χ0n) is 18.3. The highest BCUT2D eigenvalue weighted by atomic mass is 16.5. The van der Waals surface area contributed by atoms with Gasteiger partial charge in [-0.25, -0.2) is 0 Å². The monoisotopic (exact) mass is 422 g/mol. The minimum Gasteiger partial charge on any atom is -0.491 e. The number of hydrogen-bond donors (Lipinski definition) is 2. The lowest BCUT2D eigenvalue weighted by Crippen LogP contribution is -2.37. The first-order chi connectivity index (χ1) is 15.2. The van der Waals surface area contributed by atoms with Gasteiger partial charge in [-0.15, -0.1) is 0 Å². The van der Waals surface area contributed by atoms with E-state index in [-0.39, 0.29) is 23.8 Å². The summed E-state index contributed by atoms with van der Waals surface area (Å²) in [6, 6.07) is 18.6.